The standard InChI is InChI=1S/C15H13N3O3/c19-14-13-6-7-16-18(13)9-8-17(14)10-12(15(20)21)11-4-2-1-3-5-11/h1-9,12H,10H2,(H,20,21). The van der Waals surface area contributed by atoms with Crippen molar-refractivity contribution in [2.24, 2.45) is 0 Å². The van der Waals surface area contributed by atoms with Crippen molar-refractivity contribution < 1.29 is 9.90 Å². The highest BCUT2D eigenvalue weighted by Crippen LogP contribution is 2.17. The summed E-state index contributed by atoms with van der Waals surface area (Å²) in [6, 6.07) is 10.5. The van der Waals surface area contributed by atoms with Gasteiger partial charge in [-0.25, -0.2) is 4.52 Å². The molecule has 0 aliphatic rings. The van der Waals surface area contributed by atoms with Gasteiger partial charge in [-0.1, -0.05) is 30.3 Å². The van der Waals surface area contributed by atoms with Crippen LogP contribution in [0.25, 0.3) is 5.52 Å². The lowest BCUT2D eigenvalue weighted by Gasteiger charge is -2.14. The van der Waals surface area contributed by atoms with Crippen LogP contribution in [0.5, 0.6) is 0 Å². The third-order valence-electron chi connectivity index (χ3n) is 3.42. The Morgan fingerprint density at radius 2 is 1.95 bits per heavy atom. The summed E-state index contributed by atoms with van der Waals surface area (Å²) >= 11 is 0. The summed E-state index contributed by atoms with van der Waals surface area (Å²) in [7, 11) is 0. The van der Waals surface area contributed by atoms with E-state index in [9.17, 15) is 14.7 Å². The number of carbonyl (C=O) groups is 1. The fraction of sp³-hybridized carbons (Fsp3) is 0.133. The number of hydrogen-bond acceptors (Lipinski definition) is 3. The second-order valence-corrected chi connectivity index (χ2v) is 4.72. The van der Waals surface area contributed by atoms with Gasteiger partial charge in [0.25, 0.3) is 5.56 Å². The number of carboxylic acid groups (broad SMARTS) is 1. The number of benzene rings is 1. The van der Waals surface area contributed by atoms with E-state index >= 15 is 0 Å². The molecule has 2 aromatic heterocycles. The first-order chi connectivity index (χ1) is 10.2. The summed E-state index contributed by atoms with van der Waals surface area (Å²) in [6.45, 7) is 0.0832. The molecule has 1 aromatic carbocycles. The Balaban J connectivity index is 2.01. The Morgan fingerprint density at radius 3 is 2.67 bits per heavy atom. The summed E-state index contributed by atoms with van der Waals surface area (Å²) < 4.78 is 2.87. The fourth-order valence-corrected chi connectivity index (χ4v) is 2.31. The van der Waals surface area contributed by atoms with Crippen LogP contribution in [0.4, 0.5) is 0 Å². The lowest BCUT2D eigenvalue weighted by molar-refractivity contribution is -0.139. The van der Waals surface area contributed by atoms with Crippen molar-refractivity contribution in [1.82, 2.24) is 14.2 Å². The molecule has 0 bridgehead atoms. The number of carboxylic acids is 1. The van der Waals surface area contributed by atoms with Gasteiger partial charge in [0.2, 0.25) is 0 Å². The molecule has 0 spiro atoms. The molecule has 6 heteroatoms. The van der Waals surface area contributed by atoms with Crippen LogP contribution >= 0.6 is 0 Å². The molecule has 1 unspecified atom stereocenters. The van der Waals surface area contributed by atoms with Crippen LogP contribution in [-0.2, 0) is 11.3 Å². The molecule has 106 valence electrons. The number of hydrogen-bond donors (Lipinski definition) is 1. The van der Waals surface area contributed by atoms with Crippen LogP contribution in [0.1, 0.15) is 11.5 Å². The van der Waals surface area contributed by atoms with Gasteiger partial charge < -0.3 is 9.67 Å². The first kappa shape index (κ1) is 13.1. The van der Waals surface area contributed by atoms with Gasteiger partial charge in [0.15, 0.2) is 0 Å². The predicted octanol–water partition coefficient (Wildman–Crippen LogP) is 1.36. The number of aromatic nitrogens is 3. The minimum Gasteiger partial charge on any atom is -0.481 e. The maximum absolute atomic E-state index is 12.3. The predicted molar refractivity (Wildman–Crippen MR) is 76.3 cm³/mol. The molecule has 0 saturated carbocycles. The quantitative estimate of drug-likeness (QED) is 0.784. The van der Waals surface area contributed by atoms with E-state index in [2.05, 4.69) is 5.10 Å². The van der Waals surface area contributed by atoms with Crippen LogP contribution in [0.3, 0.4) is 0 Å². The van der Waals surface area contributed by atoms with E-state index < -0.39 is 11.9 Å². The normalized spacial score (nSPS) is 12.4. The van der Waals surface area contributed by atoms with E-state index in [4.69, 9.17) is 0 Å². The number of nitrogens with zero attached hydrogens (tertiary/aromatic N) is 3. The molecule has 0 amide bonds. The van der Waals surface area contributed by atoms with Crippen molar-refractivity contribution in [1.29, 1.82) is 0 Å². The van der Waals surface area contributed by atoms with Crippen LogP contribution in [-0.4, -0.2) is 25.3 Å². The molecule has 2 heterocycles. The topological polar surface area (TPSA) is 76.6 Å². The van der Waals surface area contributed by atoms with Crippen LogP contribution in [0.2, 0.25) is 0 Å². The smallest absolute Gasteiger partial charge is 0.312 e. The number of aliphatic carboxylic acids is 1. The summed E-state index contributed by atoms with van der Waals surface area (Å²) in [5.74, 6) is -1.73. The molecular formula is C15H13N3O3. The SMILES string of the molecule is O=C(O)C(Cn1ccn2nccc2c1=O)c1ccccc1. The molecule has 3 aromatic rings. The Morgan fingerprint density at radius 1 is 1.19 bits per heavy atom. The van der Waals surface area contributed by atoms with Crippen molar-refractivity contribution >= 4 is 11.5 Å². The average molecular weight is 283 g/mol. The Bertz CT molecular complexity index is 836. The average Bonchev–Trinajstić information content (AvgIpc) is 2.96. The van der Waals surface area contributed by atoms with Crippen LogP contribution in [0, 0.1) is 0 Å². The van der Waals surface area contributed by atoms with Gasteiger partial charge in [-0.15, -0.1) is 0 Å². The number of fused-ring (bicyclic) bond motifs is 1. The van der Waals surface area contributed by atoms with Gasteiger partial charge in [-0.2, -0.15) is 5.10 Å². The lowest BCUT2D eigenvalue weighted by Crippen LogP contribution is -2.27. The molecule has 0 aliphatic heterocycles. The first-order valence-corrected chi connectivity index (χ1v) is 6.47. The van der Waals surface area contributed by atoms with E-state index in [1.54, 1.807) is 42.7 Å². The van der Waals surface area contributed by atoms with Gasteiger partial charge in [-0.3, -0.25) is 9.59 Å². The summed E-state index contributed by atoms with van der Waals surface area (Å²) in [5, 5.41) is 13.4. The molecule has 0 saturated heterocycles. The Hall–Kier alpha value is -2.89. The van der Waals surface area contributed by atoms with Gasteiger partial charge in [0.1, 0.15) is 5.52 Å². The molecule has 21 heavy (non-hydrogen) atoms. The summed E-state index contributed by atoms with van der Waals surface area (Å²) in [5.41, 5.74) is 0.845. The molecule has 1 N–H and O–H groups in total. The molecule has 1 atom stereocenters. The molecule has 0 radical (unpaired) electrons. The maximum Gasteiger partial charge on any atom is 0.312 e. The highest BCUT2D eigenvalue weighted by Gasteiger charge is 2.21. The van der Waals surface area contributed by atoms with E-state index in [-0.39, 0.29) is 12.1 Å². The summed E-state index contributed by atoms with van der Waals surface area (Å²) in [6.07, 6.45) is 4.73. The Labute approximate surface area is 119 Å². The number of rotatable bonds is 4. The van der Waals surface area contributed by atoms with Crippen LogP contribution in [0.15, 0.2) is 59.8 Å². The third kappa shape index (κ3) is 2.43. The van der Waals surface area contributed by atoms with Crippen molar-refractivity contribution in [2.75, 3.05) is 0 Å². The minimum absolute atomic E-state index is 0.0832. The third-order valence-corrected chi connectivity index (χ3v) is 3.42. The highest BCUT2D eigenvalue weighted by atomic mass is 16.4. The molecule has 6 nitrogen and oxygen atoms in total. The van der Waals surface area contributed by atoms with Crippen molar-refractivity contribution in [3.8, 4) is 0 Å². The lowest BCUT2D eigenvalue weighted by atomic mass is 9.99. The van der Waals surface area contributed by atoms with E-state index in [1.807, 2.05) is 6.07 Å². The highest BCUT2D eigenvalue weighted by molar-refractivity contribution is 5.76. The largest absolute Gasteiger partial charge is 0.481 e. The zero-order chi connectivity index (χ0) is 14.8. The molecule has 3 rings (SSSR count). The molecular weight excluding hydrogens is 270 g/mol. The van der Waals surface area contributed by atoms with E-state index in [0.29, 0.717) is 11.1 Å². The first-order valence-electron chi connectivity index (χ1n) is 6.47. The van der Waals surface area contributed by atoms with Gasteiger partial charge in [0, 0.05) is 18.9 Å². The van der Waals surface area contributed by atoms with Crippen LogP contribution < -0.4 is 5.56 Å². The zero-order valence-corrected chi connectivity index (χ0v) is 11.1. The van der Waals surface area contributed by atoms with Crippen molar-refractivity contribution in [3.05, 3.63) is 70.9 Å². The van der Waals surface area contributed by atoms with Gasteiger partial charge in [-0.05, 0) is 11.6 Å². The molecule has 0 aliphatic carbocycles. The van der Waals surface area contributed by atoms with Gasteiger partial charge >= 0.3 is 5.97 Å². The zero-order valence-electron chi connectivity index (χ0n) is 11.1. The van der Waals surface area contributed by atoms with E-state index in [1.165, 1.54) is 15.3 Å². The Kier molecular flexibility index (Phi) is 3.27. The molecule has 0 fully saturated rings. The minimum atomic E-state index is -0.957. The fourth-order valence-electron chi connectivity index (χ4n) is 2.31. The maximum atomic E-state index is 12.3. The second kappa shape index (κ2) is 5.24. The van der Waals surface area contributed by atoms with Crippen molar-refractivity contribution in [2.45, 2.75) is 12.5 Å². The monoisotopic (exact) mass is 283 g/mol. The summed E-state index contributed by atoms with van der Waals surface area (Å²) in [4.78, 5) is 23.8. The second-order valence-electron chi connectivity index (χ2n) is 4.72. The van der Waals surface area contributed by atoms with Gasteiger partial charge in [0.05, 0.1) is 12.1 Å². The van der Waals surface area contributed by atoms with E-state index in [0.717, 1.165) is 0 Å². The van der Waals surface area contributed by atoms with Crippen molar-refractivity contribution in [3.63, 3.8) is 0 Å².